The maximum absolute atomic E-state index is 14.3. The molecule has 8 atom stereocenters. The summed E-state index contributed by atoms with van der Waals surface area (Å²) in [6.45, 7) is 10.8. The van der Waals surface area contributed by atoms with Crippen LogP contribution in [0.3, 0.4) is 0 Å². The number of rotatable bonds is 99. The van der Waals surface area contributed by atoms with Crippen molar-refractivity contribution in [3.05, 3.63) is 77.9 Å². The van der Waals surface area contributed by atoms with Crippen molar-refractivity contribution in [1.82, 2.24) is 47.2 Å². The van der Waals surface area contributed by atoms with Crippen LogP contribution in [-0.4, -0.2) is 318 Å². The molecule has 0 bridgehead atoms. The summed E-state index contributed by atoms with van der Waals surface area (Å²) in [4.78, 5) is 222. The number of aliphatic hydroxyl groups excluding tert-OH is 1. The molecule has 0 unspecified atom stereocenters. The third-order valence-electron chi connectivity index (χ3n) is 24.6. The molecule has 0 aliphatic carbocycles. The topological polar surface area (TPSA) is 606 Å². The molecule has 0 radical (unpaired) electrons. The molecule has 2 aromatic carbocycles. The number of nitrogens with zero attached hydrogens (tertiary/aromatic N) is 1. The number of aliphatic hydroxyl groups is 1. The lowest BCUT2D eigenvalue weighted by molar-refractivity contribution is -0.159. The zero-order valence-electron chi connectivity index (χ0n) is 87.5. The van der Waals surface area contributed by atoms with Gasteiger partial charge >= 0.3 is 29.8 Å². The van der Waals surface area contributed by atoms with E-state index in [1.54, 1.807) is 38.1 Å². The number of esters is 1. The SMILES string of the molecule is CC[C@H](C(=O)N[C@H](C(=O)O[C@@H](Cc1cnc[nH]1)C(=O)CN[C@@H](CCCCNC(=O)COCCOCCCC(=O)COCCOCCNC(=O)CC[C@H](CC(=O)CCCCCCCCCOc1ccc(C(=O)O)cc1)C(=O)O)C(=O)CC[C@@H](CCCCNC(=O)COCCOCCNC(=O)COCCOCCCC(=O)CC[C@H](NC(=O)CCCCCCCCCOc1ccc(C(=O)O)cc1)C(=O)O)C(=O)CO)C(C)C)[C@@H](C)CC. The molecule has 42 nitrogen and oxygen atoms in total. The Balaban J connectivity index is 1.30. The van der Waals surface area contributed by atoms with Crippen molar-refractivity contribution in [1.29, 1.82) is 0 Å². The normalized spacial score (nSPS) is 12.9. The van der Waals surface area contributed by atoms with Crippen molar-refractivity contribution in [3.63, 3.8) is 0 Å². The predicted octanol–water partition coefficient (Wildman–Crippen LogP) is 9.35. The quantitative estimate of drug-likeness (QED) is 0.0185. The van der Waals surface area contributed by atoms with Crippen LogP contribution in [0.15, 0.2) is 61.1 Å². The number of hydrogen-bond donors (Lipinski definition) is 13. The van der Waals surface area contributed by atoms with Crippen LogP contribution in [0.5, 0.6) is 11.5 Å². The number of carboxylic acids is 4. The van der Waals surface area contributed by atoms with Crippen molar-refractivity contribution in [2.75, 3.05) is 158 Å². The smallest absolute Gasteiger partial charge is 0.335 e. The minimum atomic E-state index is -1.38. The molecule has 1 heterocycles. The maximum Gasteiger partial charge on any atom is 0.335 e. The van der Waals surface area contributed by atoms with Crippen LogP contribution in [-0.2, 0) is 121 Å². The molecular weight excluding hydrogens is 1930 g/mol. The van der Waals surface area contributed by atoms with Gasteiger partial charge in [-0.2, -0.15) is 0 Å². The van der Waals surface area contributed by atoms with Gasteiger partial charge in [-0.05, 0) is 157 Å². The Morgan fingerprint density at radius 1 is 0.378 bits per heavy atom. The standard InChI is InChI=1S/C106H167N9O33/c1-6-77(5)88(7-2)101(128)115-100(76(3)4)106(137)148-94(67-82-68-107-75-113-82)92(121)69-112-89(32-21-23-49-109-98(126)72-143-63-59-139-53-27-31-85(119)71-142-62-60-140-56-50-110-95(123)47-39-81(104(133)134)66-84(118)29-18-14-10-8-12-16-24-54-146-86-41-34-79(35-42-86)102(129)130)91(120)46-38-78(93(122)70-116)28-20-22-48-108-97(125)73-145-65-61-141-57-51-111-99(127)74-144-64-58-138-52-26-30-83(117)40-45-90(105(135)136)114-96(124)33-19-15-11-9-13-17-25-55-147-87-43-36-80(37-44-87)103(131)132/h34-37,41-44,68,75-78,81,88-90,94,100,112,116H,6-33,38-40,45-67,69-74H2,1-5H3,(H,107,113)(H,108,125)(H,109,126)(H,110,123)(H,111,127)(H,114,124)(H,115,128)(H,129,130)(H,131,132)(H,133,134)(H,135,136)/t77-,78+,81+,88-,89-,90-,94-,100-/m0/s1. The van der Waals surface area contributed by atoms with Crippen molar-refractivity contribution in [2.45, 2.75) is 290 Å². The highest BCUT2D eigenvalue weighted by molar-refractivity contribution is 5.93. The first-order valence-corrected chi connectivity index (χ1v) is 52.7. The van der Waals surface area contributed by atoms with Gasteiger partial charge in [0.05, 0.1) is 115 Å². The fraction of sp³-hybridized carbons (Fsp3) is 0.698. The van der Waals surface area contributed by atoms with Crippen LogP contribution in [0.4, 0.5) is 0 Å². The predicted molar refractivity (Wildman–Crippen MR) is 544 cm³/mol. The van der Waals surface area contributed by atoms with Gasteiger partial charge in [0, 0.05) is 121 Å². The van der Waals surface area contributed by atoms with Gasteiger partial charge in [-0.1, -0.05) is 112 Å². The van der Waals surface area contributed by atoms with Crippen LogP contribution in [0.2, 0.25) is 0 Å². The average Bonchev–Trinajstić information content (AvgIpc) is 1.13. The Labute approximate surface area is 869 Å². The molecule has 1 aromatic heterocycles. The highest BCUT2D eigenvalue weighted by Gasteiger charge is 2.35. The van der Waals surface area contributed by atoms with Crippen molar-refractivity contribution >= 4 is 100.0 Å². The molecule has 0 saturated heterocycles. The lowest BCUT2D eigenvalue weighted by Gasteiger charge is -2.27. The molecule has 13 N–H and O–H groups in total. The zero-order chi connectivity index (χ0) is 109. The lowest BCUT2D eigenvalue weighted by Crippen LogP contribution is -2.50. The molecule has 3 rings (SSSR count). The Morgan fingerprint density at radius 2 is 0.845 bits per heavy atom. The summed E-state index contributed by atoms with van der Waals surface area (Å²) in [5.74, 6) is -10.5. The van der Waals surface area contributed by atoms with E-state index in [0.29, 0.717) is 88.2 Å². The van der Waals surface area contributed by atoms with Crippen LogP contribution < -0.4 is 46.7 Å². The molecule has 0 saturated carbocycles. The average molecular weight is 2100 g/mol. The summed E-state index contributed by atoms with van der Waals surface area (Å²) in [7, 11) is 0. The van der Waals surface area contributed by atoms with Crippen LogP contribution >= 0.6 is 0 Å². The number of aromatic carboxylic acids is 2. The zero-order valence-corrected chi connectivity index (χ0v) is 87.5. The molecular formula is C106H167N9O33. The fourth-order valence-corrected chi connectivity index (χ4v) is 15.6. The van der Waals surface area contributed by atoms with E-state index in [-0.39, 0.29) is 292 Å². The third kappa shape index (κ3) is 65.8. The highest BCUT2D eigenvalue weighted by atomic mass is 16.6. The number of carbonyl (C=O) groups excluding carboxylic acids is 13. The molecule has 834 valence electrons. The van der Waals surface area contributed by atoms with Gasteiger partial charge in [0.25, 0.3) is 0 Å². The molecule has 0 fully saturated rings. The second kappa shape index (κ2) is 83.8. The van der Waals surface area contributed by atoms with E-state index in [1.807, 2.05) is 20.8 Å². The van der Waals surface area contributed by atoms with E-state index in [1.165, 1.54) is 36.8 Å². The van der Waals surface area contributed by atoms with Crippen molar-refractivity contribution in [3.8, 4) is 11.5 Å². The van der Waals surface area contributed by atoms with Crippen LogP contribution in [0.25, 0.3) is 0 Å². The summed E-state index contributed by atoms with van der Waals surface area (Å²) in [6, 6.07) is 9.29. The van der Waals surface area contributed by atoms with E-state index in [4.69, 9.17) is 62.3 Å². The number of carboxylic acid groups (broad SMARTS) is 4. The van der Waals surface area contributed by atoms with E-state index in [9.17, 15) is 96.8 Å². The summed E-state index contributed by atoms with van der Waals surface area (Å²) in [5, 5.41) is 66.8. The van der Waals surface area contributed by atoms with Gasteiger partial charge in [0.2, 0.25) is 35.4 Å². The second-order valence-corrected chi connectivity index (χ2v) is 37.0. The molecule has 42 heteroatoms. The molecule has 0 aliphatic rings. The Kier molecular flexibility index (Phi) is 74.3. The molecule has 0 aliphatic heterocycles. The fourth-order valence-electron chi connectivity index (χ4n) is 15.6. The van der Waals surface area contributed by atoms with Gasteiger partial charge in [-0.25, -0.2) is 24.2 Å². The van der Waals surface area contributed by atoms with Gasteiger partial charge in [-0.3, -0.25) is 62.3 Å². The first-order valence-electron chi connectivity index (χ1n) is 52.7. The minimum Gasteiger partial charge on any atom is -0.494 e. The minimum absolute atomic E-state index is 0.0175. The van der Waals surface area contributed by atoms with E-state index >= 15 is 0 Å². The summed E-state index contributed by atoms with van der Waals surface area (Å²) in [5.41, 5.74) is 0.869. The monoisotopic (exact) mass is 2090 g/mol. The Bertz CT molecular complexity index is 4290. The summed E-state index contributed by atoms with van der Waals surface area (Å²) in [6.07, 6.45) is 18.5. The van der Waals surface area contributed by atoms with Gasteiger partial charge in [0.15, 0.2) is 23.5 Å². The Hall–Kier alpha value is -11.0. The number of aliphatic carboxylic acids is 2. The number of ether oxygens (including phenoxy) is 11. The first kappa shape index (κ1) is 131. The van der Waals surface area contributed by atoms with Crippen LogP contribution in [0, 0.1) is 29.6 Å². The van der Waals surface area contributed by atoms with Crippen molar-refractivity contribution < 1.29 is 159 Å². The third-order valence-corrected chi connectivity index (χ3v) is 24.6. The number of benzene rings is 2. The van der Waals surface area contributed by atoms with Gasteiger partial charge in [-0.15, -0.1) is 0 Å². The highest BCUT2D eigenvalue weighted by Crippen LogP contribution is 2.25. The maximum atomic E-state index is 14.3. The number of ketones is 6. The number of imidazole rings is 1. The van der Waals surface area contributed by atoms with Crippen molar-refractivity contribution in [2.24, 2.45) is 29.6 Å². The molecule has 3 aromatic rings. The number of carbonyl (C=O) groups is 17. The second-order valence-electron chi connectivity index (χ2n) is 37.0. The van der Waals surface area contributed by atoms with Gasteiger partial charge in [0.1, 0.15) is 74.0 Å². The lowest BCUT2D eigenvalue weighted by atomic mass is 9.88. The molecule has 148 heavy (non-hydrogen) atoms. The number of aromatic amines is 1. The first-order chi connectivity index (χ1) is 71.3. The largest absolute Gasteiger partial charge is 0.494 e. The Morgan fingerprint density at radius 3 is 1.33 bits per heavy atom. The number of unbranched alkanes of at least 4 members (excludes halogenated alkanes) is 14. The molecule has 6 amide bonds. The number of H-pyrrole nitrogens is 1. The number of amides is 6. The van der Waals surface area contributed by atoms with Crippen LogP contribution in [0.1, 0.15) is 286 Å². The number of hydrogen-bond acceptors (Lipinski definition) is 31. The van der Waals surface area contributed by atoms with E-state index in [0.717, 1.165) is 83.5 Å². The summed E-state index contributed by atoms with van der Waals surface area (Å²) < 4.78 is 61.1. The number of aromatic nitrogens is 2. The number of nitrogens with one attached hydrogen (secondary N) is 8. The summed E-state index contributed by atoms with van der Waals surface area (Å²) >= 11 is 0. The van der Waals surface area contributed by atoms with Gasteiger partial charge < -0.3 is 120 Å². The van der Waals surface area contributed by atoms with E-state index < -0.39 is 108 Å². The molecule has 0 spiro atoms. The number of Topliss-reactive ketones (excluding diaryl/α,β-unsaturated/α-hetero) is 6. The van der Waals surface area contributed by atoms with E-state index in [2.05, 4.69) is 47.2 Å².